The van der Waals surface area contributed by atoms with Crippen LogP contribution in [0, 0.1) is 0 Å². The van der Waals surface area contributed by atoms with Crippen LogP contribution in [0.1, 0.15) is 34.3 Å². The van der Waals surface area contributed by atoms with Gasteiger partial charge >= 0.3 is 0 Å². The minimum atomic E-state index is 0.0222. The van der Waals surface area contributed by atoms with E-state index in [1.54, 1.807) is 0 Å². The van der Waals surface area contributed by atoms with Crippen LogP contribution in [0.25, 0.3) is 0 Å². The number of benzene rings is 2. The number of carbonyl (C=O) groups is 1. The van der Waals surface area contributed by atoms with Crippen molar-refractivity contribution in [3.05, 3.63) is 71.3 Å². The predicted molar refractivity (Wildman–Crippen MR) is 98.3 cm³/mol. The van der Waals surface area contributed by atoms with E-state index in [1.165, 1.54) is 37.1 Å². The number of hydrogen-bond acceptors (Lipinski definition) is 2. The number of carbonyl (C=O) groups excluding carboxylic acids is 1. The average molecular weight is 322 g/mol. The zero-order valence-electron chi connectivity index (χ0n) is 14.2. The maximum Gasteiger partial charge on any atom is 0.251 e. The van der Waals surface area contributed by atoms with E-state index in [1.807, 2.05) is 36.4 Å². The molecule has 126 valence electrons. The summed E-state index contributed by atoms with van der Waals surface area (Å²) >= 11 is 0. The Hall–Kier alpha value is -2.13. The first kappa shape index (κ1) is 16.7. The van der Waals surface area contributed by atoms with Crippen molar-refractivity contribution in [2.24, 2.45) is 0 Å². The summed E-state index contributed by atoms with van der Waals surface area (Å²) in [5, 5.41) is 3.02. The molecule has 2 aromatic rings. The second kappa shape index (κ2) is 8.65. The van der Waals surface area contributed by atoms with E-state index in [2.05, 4.69) is 28.4 Å². The van der Waals surface area contributed by atoms with Crippen LogP contribution in [0.2, 0.25) is 0 Å². The van der Waals surface area contributed by atoms with Crippen LogP contribution < -0.4 is 5.32 Å². The van der Waals surface area contributed by atoms with Crippen LogP contribution in [0.15, 0.2) is 54.6 Å². The zero-order chi connectivity index (χ0) is 16.6. The van der Waals surface area contributed by atoms with Crippen molar-refractivity contribution in [2.75, 3.05) is 26.2 Å². The fraction of sp³-hybridized carbons (Fsp3) is 0.381. The number of likely N-dealkylation sites (tertiary alicyclic amines) is 1. The third kappa shape index (κ3) is 4.93. The van der Waals surface area contributed by atoms with Gasteiger partial charge in [-0.3, -0.25) is 4.79 Å². The SMILES string of the molecule is O=C(NCCc1ccccc1)c1cccc(CCN2CCCC2)c1. The molecule has 1 aliphatic heterocycles. The van der Waals surface area contributed by atoms with Crippen LogP contribution in [0.5, 0.6) is 0 Å². The molecule has 1 amide bonds. The van der Waals surface area contributed by atoms with E-state index in [-0.39, 0.29) is 5.91 Å². The summed E-state index contributed by atoms with van der Waals surface area (Å²) in [5.41, 5.74) is 3.26. The maximum absolute atomic E-state index is 12.3. The highest BCUT2D eigenvalue weighted by Gasteiger charge is 2.11. The van der Waals surface area contributed by atoms with Gasteiger partial charge in [0.05, 0.1) is 0 Å². The lowest BCUT2D eigenvalue weighted by molar-refractivity contribution is 0.0954. The first-order valence-corrected chi connectivity index (χ1v) is 8.95. The summed E-state index contributed by atoms with van der Waals surface area (Å²) in [6.45, 7) is 4.21. The molecule has 0 bridgehead atoms. The van der Waals surface area contributed by atoms with Crippen molar-refractivity contribution in [2.45, 2.75) is 25.7 Å². The van der Waals surface area contributed by atoms with Gasteiger partial charge in [0.1, 0.15) is 0 Å². The minimum absolute atomic E-state index is 0.0222. The Kier molecular flexibility index (Phi) is 6.02. The summed E-state index contributed by atoms with van der Waals surface area (Å²) in [4.78, 5) is 14.8. The molecule has 2 aromatic carbocycles. The molecule has 3 heteroatoms. The van der Waals surface area contributed by atoms with E-state index < -0.39 is 0 Å². The van der Waals surface area contributed by atoms with Crippen LogP contribution in [0.4, 0.5) is 0 Å². The highest BCUT2D eigenvalue weighted by Crippen LogP contribution is 2.11. The van der Waals surface area contributed by atoms with E-state index in [4.69, 9.17) is 0 Å². The molecule has 0 radical (unpaired) electrons. The Morgan fingerprint density at radius 2 is 1.67 bits per heavy atom. The van der Waals surface area contributed by atoms with Crippen LogP contribution in [-0.2, 0) is 12.8 Å². The second-order valence-corrected chi connectivity index (χ2v) is 6.49. The zero-order valence-corrected chi connectivity index (χ0v) is 14.2. The van der Waals surface area contributed by atoms with Crippen LogP contribution in [-0.4, -0.2) is 37.0 Å². The molecular weight excluding hydrogens is 296 g/mol. The van der Waals surface area contributed by atoms with Gasteiger partial charge in [0, 0.05) is 18.7 Å². The van der Waals surface area contributed by atoms with Crippen molar-refractivity contribution >= 4 is 5.91 Å². The Morgan fingerprint density at radius 3 is 2.46 bits per heavy atom. The molecule has 0 unspecified atom stereocenters. The molecule has 3 nitrogen and oxygen atoms in total. The van der Waals surface area contributed by atoms with Crippen molar-refractivity contribution in [3.63, 3.8) is 0 Å². The average Bonchev–Trinajstić information content (AvgIpc) is 3.15. The lowest BCUT2D eigenvalue weighted by Gasteiger charge is -2.14. The number of nitrogens with zero attached hydrogens (tertiary/aromatic N) is 1. The fourth-order valence-corrected chi connectivity index (χ4v) is 3.23. The van der Waals surface area contributed by atoms with E-state index in [0.717, 1.165) is 24.9 Å². The molecule has 24 heavy (non-hydrogen) atoms. The second-order valence-electron chi connectivity index (χ2n) is 6.49. The molecule has 0 spiro atoms. The molecule has 1 heterocycles. The third-order valence-corrected chi connectivity index (χ3v) is 4.65. The molecule has 3 rings (SSSR count). The molecule has 1 fully saturated rings. The number of nitrogens with one attached hydrogen (secondary N) is 1. The number of amides is 1. The molecule has 0 aromatic heterocycles. The molecule has 1 N–H and O–H groups in total. The van der Waals surface area contributed by atoms with Crippen LogP contribution >= 0.6 is 0 Å². The standard InChI is InChI=1S/C21H26N2O/c24-21(22-13-11-18-7-2-1-3-8-18)20-10-6-9-19(17-20)12-16-23-14-4-5-15-23/h1-3,6-10,17H,4-5,11-16H2,(H,22,24). The monoisotopic (exact) mass is 322 g/mol. The van der Waals surface area contributed by atoms with Crippen LogP contribution in [0.3, 0.4) is 0 Å². The maximum atomic E-state index is 12.3. The Labute approximate surface area is 144 Å². The summed E-state index contributed by atoms with van der Waals surface area (Å²) < 4.78 is 0. The Balaban J connectivity index is 1.48. The normalized spacial score (nSPS) is 14.7. The Bertz CT molecular complexity index is 648. The topological polar surface area (TPSA) is 32.3 Å². The van der Waals surface area contributed by atoms with Gasteiger partial charge in [-0.15, -0.1) is 0 Å². The Morgan fingerprint density at radius 1 is 0.917 bits per heavy atom. The van der Waals surface area contributed by atoms with E-state index >= 15 is 0 Å². The summed E-state index contributed by atoms with van der Waals surface area (Å²) in [6, 6.07) is 18.3. The van der Waals surface area contributed by atoms with Crippen molar-refractivity contribution in [3.8, 4) is 0 Å². The summed E-state index contributed by atoms with van der Waals surface area (Å²) in [5.74, 6) is 0.0222. The largest absolute Gasteiger partial charge is 0.352 e. The van der Waals surface area contributed by atoms with Gasteiger partial charge in [-0.05, 0) is 62.0 Å². The van der Waals surface area contributed by atoms with E-state index in [0.29, 0.717) is 6.54 Å². The predicted octanol–water partition coefficient (Wildman–Crippen LogP) is 3.30. The van der Waals surface area contributed by atoms with Gasteiger partial charge in [-0.1, -0.05) is 42.5 Å². The quantitative estimate of drug-likeness (QED) is 0.848. The lowest BCUT2D eigenvalue weighted by Crippen LogP contribution is -2.26. The molecular formula is C21H26N2O. The van der Waals surface area contributed by atoms with Gasteiger partial charge in [-0.25, -0.2) is 0 Å². The fourth-order valence-electron chi connectivity index (χ4n) is 3.23. The number of rotatable bonds is 7. The van der Waals surface area contributed by atoms with E-state index in [9.17, 15) is 4.79 Å². The minimum Gasteiger partial charge on any atom is -0.352 e. The van der Waals surface area contributed by atoms with Crippen molar-refractivity contribution in [1.82, 2.24) is 10.2 Å². The third-order valence-electron chi connectivity index (χ3n) is 4.65. The highest BCUT2D eigenvalue weighted by atomic mass is 16.1. The molecule has 0 saturated carbocycles. The van der Waals surface area contributed by atoms with Gasteiger partial charge < -0.3 is 10.2 Å². The first-order valence-electron chi connectivity index (χ1n) is 8.95. The van der Waals surface area contributed by atoms with Gasteiger partial charge in [-0.2, -0.15) is 0 Å². The molecule has 1 aliphatic rings. The first-order chi connectivity index (χ1) is 11.8. The molecule has 0 atom stereocenters. The van der Waals surface area contributed by atoms with Gasteiger partial charge in [0.2, 0.25) is 0 Å². The summed E-state index contributed by atoms with van der Waals surface area (Å²) in [7, 11) is 0. The van der Waals surface area contributed by atoms with Crippen molar-refractivity contribution in [1.29, 1.82) is 0 Å². The summed E-state index contributed by atoms with van der Waals surface area (Å²) in [6.07, 6.45) is 4.53. The molecule has 0 aliphatic carbocycles. The lowest BCUT2D eigenvalue weighted by atomic mass is 10.1. The smallest absolute Gasteiger partial charge is 0.251 e. The molecule has 1 saturated heterocycles. The number of hydrogen-bond donors (Lipinski definition) is 1. The van der Waals surface area contributed by atoms with Gasteiger partial charge in [0.15, 0.2) is 0 Å². The van der Waals surface area contributed by atoms with Crippen molar-refractivity contribution < 1.29 is 4.79 Å². The van der Waals surface area contributed by atoms with Gasteiger partial charge in [0.25, 0.3) is 5.91 Å². The highest BCUT2D eigenvalue weighted by molar-refractivity contribution is 5.94.